The second kappa shape index (κ2) is 21.4. The highest BCUT2D eigenvalue weighted by atomic mass is 17.0. The summed E-state index contributed by atoms with van der Waals surface area (Å²) in [6, 6.07) is 0. The van der Waals surface area contributed by atoms with Crippen molar-refractivity contribution in [2.24, 2.45) is 0 Å². The van der Waals surface area contributed by atoms with Crippen molar-refractivity contribution in [2.45, 2.75) is 124 Å². The fourth-order valence-electron chi connectivity index (χ4n) is 2.95. The second-order valence-electron chi connectivity index (χ2n) is 7.63. The molecule has 0 radical (unpaired) electrons. The minimum absolute atomic E-state index is 0.258. The van der Waals surface area contributed by atoms with Gasteiger partial charge in [-0.15, -0.1) is 0 Å². The Labute approximate surface area is 179 Å². The Bertz CT molecular complexity index is 405. The van der Waals surface area contributed by atoms with Crippen LogP contribution in [0.5, 0.6) is 0 Å². The van der Waals surface area contributed by atoms with Crippen molar-refractivity contribution in [3.05, 3.63) is 12.2 Å². The molecule has 0 amide bonds. The maximum atomic E-state index is 11.4. The van der Waals surface area contributed by atoms with Gasteiger partial charge >= 0.3 is 11.9 Å². The minimum atomic E-state index is -0.390. The molecule has 29 heavy (non-hydrogen) atoms. The monoisotopic (exact) mass is 411 g/mol. The van der Waals surface area contributed by atoms with Gasteiger partial charge in [0.15, 0.2) is 0 Å². The van der Waals surface area contributed by atoms with Gasteiger partial charge in [0.1, 0.15) is 0 Å². The number of allylic oxidation sites excluding steroid dienone is 2. The molecule has 0 unspecified atom stereocenters. The van der Waals surface area contributed by atoms with E-state index >= 15 is 0 Å². The zero-order valence-corrected chi connectivity index (χ0v) is 19.3. The van der Waals surface area contributed by atoms with Crippen molar-refractivity contribution in [1.82, 2.24) is 5.23 Å². The van der Waals surface area contributed by atoms with Crippen LogP contribution < -0.4 is 0 Å². The zero-order chi connectivity index (χ0) is 21.6. The van der Waals surface area contributed by atoms with Gasteiger partial charge in [-0.25, -0.2) is 0 Å². The van der Waals surface area contributed by atoms with Gasteiger partial charge in [0.2, 0.25) is 0 Å². The van der Waals surface area contributed by atoms with Gasteiger partial charge in [0, 0.05) is 18.1 Å². The molecule has 0 aromatic rings. The van der Waals surface area contributed by atoms with Crippen LogP contribution in [0, 0.1) is 0 Å². The molecule has 0 aromatic carbocycles. The van der Waals surface area contributed by atoms with Gasteiger partial charge < -0.3 is 9.68 Å². The van der Waals surface area contributed by atoms with E-state index in [1.165, 1.54) is 70.6 Å². The van der Waals surface area contributed by atoms with Gasteiger partial charge in [-0.05, 0) is 32.1 Å². The summed E-state index contributed by atoms with van der Waals surface area (Å²) in [7, 11) is 0. The lowest BCUT2D eigenvalue weighted by Gasteiger charge is -2.18. The van der Waals surface area contributed by atoms with Crippen molar-refractivity contribution in [3.8, 4) is 0 Å². The van der Waals surface area contributed by atoms with Crippen LogP contribution in [0.4, 0.5) is 0 Å². The lowest BCUT2D eigenvalue weighted by atomic mass is 10.1. The van der Waals surface area contributed by atoms with E-state index < -0.39 is 11.9 Å². The number of hydroxylamine groups is 2. The first kappa shape index (κ1) is 27.6. The lowest BCUT2D eigenvalue weighted by Crippen LogP contribution is -2.31. The molecule has 0 heterocycles. The second-order valence-corrected chi connectivity index (χ2v) is 7.63. The molecule has 0 rings (SSSR count). The summed E-state index contributed by atoms with van der Waals surface area (Å²) < 4.78 is 0. The Morgan fingerprint density at radius 1 is 0.621 bits per heavy atom. The van der Waals surface area contributed by atoms with Crippen LogP contribution in [0.3, 0.4) is 0 Å². The van der Waals surface area contributed by atoms with Crippen molar-refractivity contribution in [1.29, 1.82) is 0 Å². The van der Waals surface area contributed by atoms with Gasteiger partial charge in [0.05, 0.1) is 6.54 Å². The van der Waals surface area contributed by atoms with Crippen LogP contribution >= 0.6 is 0 Å². The van der Waals surface area contributed by atoms with Crippen molar-refractivity contribution in [3.63, 3.8) is 0 Å². The topological polar surface area (TPSA) is 55.8 Å². The van der Waals surface area contributed by atoms with Crippen LogP contribution in [0.1, 0.15) is 124 Å². The number of unbranched alkanes of at least 4 members (excludes halogenated alkanes) is 12. The highest BCUT2D eigenvalue weighted by Crippen LogP contribution is 2.11. The average Bonchev–Trinajstić information content (AvgIpc) is 2.72. The summed E-state index contributed by atoms with van der Waals surface area (Å²) in [4.78, 5) is 32.9. The summed E-state index contributed by atoms with van der Waals surface area (Å²) >= 11 is 0. The fraction of sp³-hybridized carbons (Fsp3) is 0.833. The molecule has 0 atom stereocenters. The van der Waals surface area contributed by atoms with Crippen molar-refractivity contribution in [2.75, 3.05) is 6.54 Å². The first-order valence-corrected chi connectivity index (χ1v) is 12.0. The van der Waals surface area contributed by atoms with Crippen LogP contribution in [0.25, 0.3) is 0 Å². The number of hydrogen-bond donors (Lipinski definition) is 0. The average molecular weight is 412 g/mol. The van der Waals surface area contributed by atoms with Crippen molar-refractivity contribution < 1.29 is 19.3 Å². The maximum Gasteiger partial charge on any atom is 0.328 e. The molecule has 0 aliphatic carbocycles. The Morgan fingerprint density at radius 3 is 1.48 bits per heavy atom. The van der Waals surface area contributed by atoms with E-state index in [0.29, 0.717) is 6.54 Å². The molecule has 0 saturated heterocycles. The summed E-state index contributed by atoms with van der Waals surface area (Å²) in [5.74, 6) is -0.781. The van der Waals surface area contributed by atoms with E-state index in [1.54, 1.807) is 13.8 Å². The lowest BCUT2D eigenvalue weighted by molar-refractivity contribution is -0.325. The van der Waals surface area contributed by atoms with Crippen LogP contribution in [-0.2, 0) is 19.3 Å². The first-order chi connectivity index (χ1) is 14.1. The largest absolute Gasteiger partial charge is 0.333 e. The summed E-state index contributed by atoms with van der Waals surface area (Å²) in [6.45, 7) is 6.12. The number of carbonyl (C=O) groups is 2. The molecule has 0 aliphatic rings. The van der Waals surface area contributed by atoms with E-state index in [1.807, 2.05) is 0 Å². The predicted octanol–water partition coefficient (Wildman–Crippen LogP) is 7.06. The molecule has 0 aromatic heterocycles. The zero-order valence-electron chi connectivity index (χ0n) is 19.3. The standard InChI is InChI=1S/C24H45NO4/c1-4-7-8-9-10-11-12-13-14-15-16-17-18-19-20-21-22-25(28-23(26)5-2)29-24(27)6-3/h13-14H,4-12,15-22H2,1-3H3/b14-13-. The Morgan fingerprint density at radius 2 is 1.03 bits per heavy atom. The molecule has 0 bridgehead atoms. The van der Waals surface area contributed by atoms with Gasteiger partial charge in [0.25, 0.3) is 0 Å². The Hall–Kier alpha value is -1.36. The smallest absolute Gasteiger partial charge is 0.328 e. The molecular formula is C24H45NO4. The molecule has 0 aliphatic heterocycles. The maximum absolute atomic E-state index is 11.4. The van der Waals surface area contributed by atoms with Crippen LogP contribution in [0.15, 0.2) is 12.2 Å². The third-order valence-electron chi connectivity index (χ3n) is 4.84. The Kier molecular flexibility index (Phi) is 20.3. The van der Waals surface area contributed by atoms with Crippen LogP contribution in [0.2, 0.25) is 0 Å². The van der Waals surface area contributed by atoms with E-state index in [4.69, 9.17) is 9.68 Å². The van der Waals surface area contributed by atoms with E-state index in [-0.39, 0.29) is 12.8 Å². The van der Waals surface area contributed by atoms with Gasteiger partial charge in [-0.1, -0.05) is 90.7 Å². The molecule has 0 saturated carbocycles. The molecule has 5 heteroatoms. The third-order valence-corrected chi connectivity index (χ3v) is 4.84. The van der Waals surface area contributed by atoms with Gasteiger partial charge in [-0.3, -0.25) is 9.59 Å². The molecule has 0 N–H and O–H groups in total. The summed E-state index contributed by atoms with van der Waals surface area (Å²) in [6.07, 6.45) is 22.6. The molecule has 170 valence electrons. The molecular weight excluding hydrogens is 366 g/mol. The fourth-order valence-corrected chi connectivity index (χ4v) is 2.95. The first-order valence-electron chi connectivity index (χ1n) is 12.0. The molecule has 5 nitrogen and oxygen atoms in total. The highest BCUT2D eigenvalue weighted by Gasteiger charge is 2.14. The summed E-state index contributed by atoms with van der Waals surface area (Å²) in [5.41, 5.74) is 0. The van der Waals surface area contributed by atoms with E-state index in [2.05, 4.69) is 19.1 Å². The summed E-state index contributed by atoms with van der Waals surface area (Å²) in [5, 5.41) is 1.05. The Balaban J connectivity index is 3.56. The predicted molar refractivity (Wildman–Crippen MR) is 119 cm³/mol. The normalized spacial score (nSPS) is 11.3. The third kappa shape index (κ3) is 19.7. The number of carbonyl (C=O) groups excluding carboxylic acids is 2. The number of rotatable bonds is 20. The minimum Gasteiger partial charge on any atom is -0.333 e. The SMILES string of the molecule is CCCCCCCC/C=C\CCCCCCCCN(OC(=O)CC)OC(=O)CC. The number of hydrogen-bond acceptors (Lipinski definition) is 5. The number of nitrogens with zero attached hydrogens (tertiary/aromatic N) is 1. The van der Waals surface area contributed by atoms with Crippen molar-refractivity contribution >= 4 is 11.9 Å². The highest BCUT2D eigenvalue weighted by molar-refractivity contribution is 5.69. The quantitative estimate of drug-likeness (QED) is 0.122. The van der Waals surface area contributed by atoms with Crippen LogP contribution in [-0.4, -0.2) is 23.7 Å². The molecule has 0 spiro atoms. The molecule has 0 fully saturated rings. The van der Waals surface area contributed by atoms with E-state index in [9.17, 15) is 9.59 Å². The van der Waals surface area contributed by atoms with Gasteiger partial charge in [-0.2, -0.15) is 0 Å². The van der Waals surface area contributed by atoms with E-state index in [0.717, 1.165) is 24.5 Å².